The number of hydrogen-bond acceptors (Lipinski definition) is 4. The smallest absolute Gasteiger partial charge is 0.228 e. The molecule has 3 aromatic carbocycles. The maximum atomic E-state index is 12.6. The molecular formula is C28H22ClN3O2. The second kappa shape index (κ2) is 10.7. The molecule has 0 aliphatic carbocycles. The van der Waals surface area contributed by atoms with Crippen molar-refractivity contribution in [2.24, 2.45) is 0 Å². The number of carbonyl (C=O) groups excluding carboxylic acids is 1. The first-order chi connectivity index (χ1) is 16.6. The summed E-state index contributed by atoms with van der Waals surface area (Å²) in [5.41, 5.74) is 4.69. The van der Waals surface area contributed by atoms with Gasteiger partial charge in [-0.25, -0.2) is 0 Å². The molecule has 0 aliphatic heterocycles. The number of para-hydroxylation sites is 1. The van der Waals surface area contributed by atoms with E-state index in [1.165, 1.54) is 0 Å². The summed E-state index contributed by atoms with van der Waals surface area (Å²) in [5, 5.41) is 12.3. The van der Waals surface area contributed by atoms with Gasteiger partial charge in [-0.1, -0.05) is 61.0 Å². The summed E-state index contributed by atoms with van der Waals surface area (Å²) in [6, 6.07) is 26.3. The van der Waals surface area contributed by atoms with Gasteiger partial charge in [-0.2, -0.15) is 5.26 Å². The highest BCUT2D eigenvalue weighted by molar-refractivity contribution is 6.34. The Morgan fingerprint density at radius 1 is 1.03 bits per heavy atom. The standard InChI is InChI=1S/C28H22ClN3O2/c1-2-24-28(29)25(15-16-31-24)32-27(33)17-19-7-11-21(12-8-19)23-5-3-4-6-26(23)34-22-13-9-20(18-30)10-14-22/h3-16H,2,17H2,1H3,(H,31,32,33). The number of rotatable bonds is 7. The summed E-state index contributed by atoms with van der Waals surface area (Å²) >= 11 is 6.33. The molecule has 168 valence electrons. The van der Waals surface area contributed by atoms with Crippen LogP contribution in [0.3, 0.4) is 0 Å². The van der Waals surface area contributed by atoms with Crippen molar-refractivity contribution in [3.63, 3.8) is 0 Å². The van der Waals surface area contributed by atoms with Crippen molar-refractivity contribution in [1.29, 1.82) is 5.26 Å². The van der Waals surface area contributed by atoms with Gasteiger partial charge in [0.05, 0.1) is 34.5 Å². The normalized spacial score (nSPS) is 10.4. The molecule has 4 aromatic rings. The highest BCUT2D eigenvalue weighted by atomic mass is 35.5. The Morgan fingerprint density at radius 3 is 2.47 bits per heavy atom. The predicted octanol–water partition coefficient (Wildman–Crippen LogP) is 6.81. The van der Waals surface area contributed by atoms with Gasteiger partial charge in [0.1, 0.15) is 11.5 Å². The fraction of sp³-hybridized carbons (Fsp3) is 0.107. The van der Waals surface area contributed by atoms with Crippen molar-refractivity contribution in [3.8, 4) is 28.7 Å². The number of nitriles is 1. The van der Waals surface area contributed by atoms with Crippen LogP contribution in [-0.4, -0.2) is 10.9 Å². The minimum atomic E-state index is -0.146. The van der Waals surface area contributed by atoms with Gasteiger partial charge in [-0.05, 0) is 53.9 Å². The second-order valence-electron chi connectivity index (χ2n) is 7.63. The second-order valence-corrected chi connectivity index (χ2v) is 8.01. The summed E-state index contributed by atoms with van der Waals surface area (Å²) in [7, 11) is 0. The molecule has 4 rings (SSSR count). The predicted molar refractivity (Wildman–Crippen MR) is 134 cm³/mol. The number of benzene rings is 3. The lowest BCUT2D eigenvalue weighted by Crippen LogP contribution is -2.15. The molecule has 34 heavy (non-hydrogen) atoms. The van der Waals surface area contributed by atoms with Crippen LogP contribution in [0, 0.1) is 11.3 Å². The average molecular weight is 468 g/mol. The molecule has 1 heterocycles. The van der Waals surface area contributed by atoms with Gasteiger partial charge in [0, 0.05) is 11.8 Å². The Morgan fingerprint density at radius 2 is 1.76 bits per heavy atom. The highest BCUT2D eigenvalue weighted by Crippen LogP contribution is 2.33. The van der Waals surface area contributed by atoms with Crippen LogP contribution >= 0.6 is 11.6 Å². The minimum Gasteiger partial charge on any atom is -0.457 e. The molecule has 0 radical (unpaired) electrons. The fourth-order valence-electron chi connectivity index (χ4n) is 3.53. The molecule has 5 nitrogen and oxygen atoms in total. The minimum absolute atomic E-state index is 0.146. The van der Waals surface area contributed by atoms with Crippen molar-refractivity contribution < 1.29 is 9.53 Å². The number of aromatic nitrogens is 1. The number of aryl methyl sites for hydroxylation is 1. The van der Waals surface area contributed by atoms with Crippen LogP contribution in [0.4, 0.5) is 5.69 Å². The lowest BCUT2D eigenvalue weighted by molar-refractivity contribution is -0.115. The summed E-state index contributed by atoms with van der Waals surface area (Å²) in [5.74, 6) is 1.21. The number of amides is 1. The lowest BCUT2D eigenvalue weighted by Gasteiger charge is -2.12. The number of nitrogens with one attached hydrogen (secondary N) is 1. The first-order valence-electron chi connectivity index (χ1n) is 10.9. The third kappa shape index (κ3) is 5.43. The van der Waals surface area contributed by atoms with Gasteiger partial charge < -0.3 is 10.1 Å². The zero-order chi connectivity index (χ0) is 23.9. The molecule has 0 spiro atoms. The van der Waals surface area contributed by atoms with E-state index in [9.17, 15) is 4.79 Å². The zero-order valence-corrected chi connectivity index (χ0v) is 19.3. The van der Waals surface area contributed by atoms with E-state index in [0.29, 0.717) is 34.2 Å². The van der Waals surface area contributed by atoms with E-state index in [-0.39, 0.29) is 12.3 Å². The molecule has 0 unspecified atom stereocenters. The Hall–Kier alpha value is -4.14. The molecule has 0 saturated carbocycles. The number of nitrogens with zero attached hydrogens (tertiary/aromatic N) is 2. The van der Waals surface area contributed by atoms with E-state index >= 15 is 0 Å². The lowest BCUT2D eigenvalue weighted by atomic mass is 10.0. The van der Waals surface area contributed by atoms with Crippen molar-refractivity contribution in [2.75, 3.05) is 5.32 Å². The van der Waals surface area contributed by atoms with Crippen molar-refractivity contribution in [1.82, 2.24) is 4.98 Å². The molecule has 0 fully saturated rings. The van der Waals surface area contributed by atoms with Crippen LogP contribution in [0.25, 0.3) is 11.1 Å². The SMILES string of the molecule is CCc1nccc(NC(=O)Cc2ccc(-c3ccccc3Oc3ccc(C#N)cc3)cc2)c1Cl. The molecule has 0 saturated heterocycles. The van der Waals surface area contributed by atoms with E-state index in [1.807, 2.05) is 55.5 Å². The molecule has 1 aromatic heterocycles. The van der Waals surface area contributed by atoms with Crippen LogP contribution in [0.15, 0.2) is 85.1 Å². The van der Waals surface area contributed by atoms with Gasteiger partial charge in [0.25, 0.3) is 0 Å². The van der Waals surface area contributed by atoms with Crippen molar-refractivity contribution in [2.45, 2.75) is 19.8 Å². The zero-order valence-electron chi connectivity index (χ0n) is 18.6. The van der Waals surface area contributed by atoms with E-state index < -0.39 is 0 Å². The molecule has 1 N–H and O–H groups in total. The largest absolute Gasteiger partial charge is 0.457 e. The maximum Gasteiger partial charge on any atom is 0.228 e. The van der Waals surface area contributed by atoms with Gasteiger partial charge in [-0.15, -0.1) is 0 Å². The maximum absolute atomic E-state index is 12.6. The van der Waals surface area contributed by atoms with Gasteiger partial charge in [-0.3, -0.25) is 9.78 Å². The van der Waals surface area contributed by atoms with E-state index in [0.717, 1.165) is 22.4 Å². The Balaban J connectivity index is 1.47. The van der Waals surface area contributed by atoms with Crippen LogP contribution in [0.5, 0.6) is 11.5 Å². The number of anilines is 1. The Kier molecular flexibility index (Phi) is 7.22. The van der Waals surface area contributed by atoms with E-state index in [4.69, 9.17) is 21.6 Å². The van der Waals surface area contributed by atoms with Crippen LogP contribution in [0.1, 0.15) is 23.7 Å². The van der Waals surface area contributed by atoms with Gasteiger partial charge >= 0.3 is 0 Å². The van der Waals surface area contributed by atoms with E-state index in [2.05, 4.69) is 16.4 Å². The van der Waals surface area contributed by atoms with Crippen molar-refractivity contribution in [3.05, 3.63) is 107 Å². The summed E-state index contributed by atoms with van der Waals surface area (Å²) in [6.45, 7) is 1.97. The van der Waals surface area contributed by atoms with Gasteiger partial charge in [0.2, 0.25) is 5.91 Å². The van der Waals surface area contributed by atoms with E-state index in [1.54, 1.807) is 36.5 Å². The number of hydrogen-bond donors (Lipinski definition) is 1. The average Bonchev–Trinajstić information content (AvgIpc) is 2.87. The van der Waals surface area contributed by atoms with Crippen LogP contribution in [-0.2, 0) is 17.6 Å². The highest BCUT2D eigenvalue weighted by Gasteiger charge is 2.11. The quantitative estimate of drug-likeness (QED) is 0.324. The Labute approximate surface area is 203 Å². The monoisotopic (exact) mass is 467 g/mol. The molecule has 6 heteroatoms. The summed E-state index contributed by atoms with van der Waals surface area (Å²) in [4.78, 5) is 16.8. The van der Waals surface area contributed by atoms with Crippen molar-refractivity contribution >= 4 is 23.2 Å². The third-order valence-electron chi connectivity index (χ3n) is 5.30. The number of halogens is 1. The molecular weight excluding hydrogens is 446 g/mol. The molecule has 0 atom stereocenters. The summed E-state index contributed by atoms with van der Waals surface area (Å²) < 4.78 is 6.06. The summed E-state index contributed by atoms with van der Waals surface area (Å²) in [6.07, 6.45) is 2.57. The Bertz CT molecular complexity index is 1340. The van der Waals surface area contributed by atoms with Gasteiger partial charge in [0.15, 0.2) is 0 Å². The van der Waals surface area contributed by atoms with Crippen LogP contribution < -0.4 is 10.1 Å². The molecule has 0 aliphatic rings. The third-order valence-corrected chi connectivity index (χ3v) is 5.72. The first-order valence-corrected chi connectivity index (χ1v) is 11.2. The first kappa shape index (κ1) is 23.0. The topological polar surface area (TPSA) is 75.0 Å². The number of carbonyl (C=O) groups is 1. The van der Waals surface area contributed by atoms with Crippen LogP contribution in [0.2, 0.25) is 5.02 Å². The molecule has 0 bridgehead atoms. The number of ether oxygens (including phenoxy) is 1. The fourth-order valence-corrected chi connectivity index (χ4v) is 3.82. The molecule has 1 amide bonds. The number of pyridine rings is 1.